The van der Waals surface area contributed by atoms with E-state index in [-0.39, 0.29) is 17.6 Å². The largest absolute Gasteiger partial charge is 0.369 e. The molecular formula is C20H28FN3O2. The summed E-state index contributed by atoms with van der Waals surface area (Å²) in [6, 6.07) is 6.82. The van der Waals surface area contributed by atoms with Crippen LogP contribution >= 0.6 is 0 Å². The van der Waals surface area contributed by atoms with Gasteiger partial charge in [0.15, 0.2) is 0 Å². The zero-order chi connectivity index (χ0) is 18.4. The lowest BCUT2D eigenvalue weighted by Crippen LogP contribution is -2.36. The topological polar surface area (TPSA) is 52.7 Å². The molecule has 3 rings (SSSR count). The van der Waals surface area contributed by atoms with Crippen LogP contribution in [0.15, 0.2) is 24.3 Å². The highest BCUT2D eigenvalue weighted by atomic mass is 19.1. The number of nitrogens with one attached hydrogen (secondary N) is 1. The molecule has 0 bridgehead atoms. The number of nitrogens with zero attached hydrogens (tertiary/aromatic N) is 2. The molecule has 0 spiro atoms. The molecule has 2 saturated heterocycles. The highest BCUT2D eigenvalue weighted by Gasteiger charge is 2.25. The van der Waals surface area contributed by atoms with E-state index in [1.54, 1.807) is 12.1 Å². The summed E-state index contributed by atoms with van der Waals surface area (Å²) in [5.74, 6) is 0.302. The van der Waals surface area contributed by atoms with Crippen molar-refractivity contribution in [3.05, 3.63) is 30.1 Å². The van der Waals surface area contributed by atoms with Gasteiger partial charge in [-0.3, -0.25) is 9.59 Å². The van der Waals surface area contributed by atoms with Gasteiger partial charge in [0.25, 0.3) is 0 Å². The third-order valence-electron chi connectivity index (χ3n) is 5.35. The Bertz CT molecular complexity index is 637. The lowest BCUT2D eigenvalue weighted by atomic mass is 10.1. The molecule has 1 unspecified atom stereocenters. The van der Waals surface area contributed by atoms with Crippen LogP contribution in [0.1, 0.15) is 38.5 Å². The maximum atomic E-state index is 13.9. The van der Waals surface area contributed by atoms with Crippen LogP contribution in [0.3, 0.4) is 0 Å². The Kier molecular flexibility index (Phi) is 6.47. The number of para-hydroxylation sites is 1. The lowest BCUT2D eigenvalue weighted by molar-refractivity contribution is -0.131. The first kappa shape index (κ1) is 18.7. The molecule has 1 aromatic carbocycles. The highest BCUT2D eigenvalue weighted by molar-refractivity contribution is 5.79. The summed E-state index contributed by atoms with van der Waals surface area (Å²) in [6.07, 6.45) is 4.99. The summed E-state index contributed by atoms with van der Waals surface area (Å²) in [4.78, 5) is 27.9. The number of carbonyl (C=O) groups is 2. The normalized spacial score (nSPS) is 21.0. The van der Waals surface area contributed by atoms with Gasteiger partial charge in [0.1, 0.15) is 5.82 Å². The molecule has 6 heteroatoms. The molecule has 2 heterocycles. The van der Waals surface area contributed by atoms with Crippen LogP contribution < -0.4 is 10.2 Å². The van der Waals surface area contributed by atoms with Crippen molar-refractivity contribution in [2.45, 2.75) is 38.5 Å². The second kappa shape index (κ2) is 9.01. The van der Waals surface area contributed by atoms with Gasteiger partial charge in [-0.15, -0.1) is 0 Å². The monoisotopic (exact) mass is 361 g/mol. The number of amides is 2. The number of hydrogen-bond donors (Lipinski definition) is 1. The number of anilines is 1. The number of benzene rings is 1. The van der Waals surface area contributed by atoms with Crippen molar-refractivity contribution in [3.8, 4) is 0 Å². The lowest BCUT2D eigenvalue weighted by Gasteiger charge is -2.21. The van der Waals surface area contributed by atoms with Gasteiger partial charge in [0.2, 0.25) is 11.8 Å². The summed E-state index contributed by atoms with van der Waals surface area (Å²) in [5.41, 5.74) is 0.640. The van der Waals surface area contributed by atoms with Gasteiger partial charge in [-0.1, -0.05) is 18.6 Å². The zero-order valence-corrected chi connectivity index (χ0v) is 15.3. The number of hydrogen-bond acceptors (Lipinski definition) is 3. The van der Waals surface area contributed by atoms with Gasteiger partial charge >= 0.3 is 0 Å². The minimum atomic E-state index is -0.195. The number of rotatable bonds is 6. The van der Waals surface area contributed by atoms with Gasteiger partial charge in [-0.25, -0.2) is 4.39 Å². The average Bonchev–Trinajstić information content (AvgIpc) is 3.01. The van der Waals surface area contributed by atoms with Crippen LogP contribution in [0, 0.1) is 11.7 Å². The molecule has 26 heavy (non-hydrogen) atoms. The standard InChI is InChI=1S/C20H28FN3O2/c21-17-6-3-4-7-18(17)24-12-9-16(15-24)14-22-19(25)10-13-23-11-5-1-2-8-20(23)26/h3-4,6-7,16H,1-2,5,8-15H2,(H,22,25). The molecule has 2 aliphatic heterocycles. The molecule has 2 amide bonds. The third kappa shape index (κ3) is 4.96. The molecular weight excluding hydrogens is 333 g/mol. The van der Waals surface area contributed by atoms with E-state index >= 15 is 0 Å². The molecule has 2 aliphatic rings. The minimum absolute atomic E-state index is 0.00797. The Morgan fingerprint density at radius 3 is 2.88 bits per heavy atom. The Morgan fingerprint density at radius 1 is 1.19 bits per heavy atom. The van der Waals surface area contributed by atoms with Crippen molar-refractivity contribution >= 4 is 17.5 Å². The summed E-state index contributed by atoms with van der Waals surface area (Å²) in [7, 11) is 0. The molecule has 0 radical (unpaired) electrons. The van der Waals surface area contributed by atoms with Crippen LogP contribution in [0.25, 0.3) is 0 Å². The van der Waals surface area contributed by atoms with E-state index in [0.717, 1.165) is 45.3 Å². The van der Waals surface area contributed by atoms with Gasteiger partial charge in [0.05, 0.1) is 5.69 Å². The van der Waals surface area contributed by atoms with E-state index in [1.165, 1.54) is 6.07 Å². The fourth-order valence-corrected chi connectivity index (χ4v) is 3.78. The fourth-order valence-electron chi connectivity index (χ4n) is 3.78. The van der Waals surface area contributed by atoms with Crippen molar-refractivity contribution < 1.29 is 14.0 Å². The van der Waals surface area contributed by atoms with Gasteiger partial charge in [-0.2, -0.15) is 0 Å². The Balaban J connectivity index is 1.38. The molecule has 0 aliphatic carbocycles. The molecule has 1 atom stereocenters. The van der Waals surface area contributed by atoms with Crippen molar-refractivity contribution in [1.82, 2.24) is 10.2 Å². The Labute approximate surface area is 154 Å². The van der Waals surface area contributed by atoms with Crippen molar-refractivity contribution in [1.29, 1.82) is 0 Å². The fraction of sp³-hybridized carbons (Fsp3) is 0.600. The smallest absolute Gasteiger partial charge is 0.222 e. The van der Waals surface area contributed by atoms with E-state index in [9.17, 15) is 14.0 Å². The molecule has 2 fully saturated rings. The van der Waals surface area contributed by atoms with E-state index in [0.29, 0.717) is 37.5 Å². The number of likely N-dealkylation sites (tertiary alicyclic amines) is 1. The summed E-state index contributed by atoms with van der Waals surface area (Å²) in [6.45, 7) is 3.45. The van der Waals surface area contributed by atoms with Crippen molar-refractivity contribution in [2.24, 2.45) is 5.92 Å². The minimum Gasteiger partial charge on any atom is -0.369 e. The molecule has 0 aromatic heterocycles. The first-order valence-electron chi connectivity index (χ1n) is 9.67. The maximum Gasteiger partial charge on any atom is 0.222 e. The third-order valence-corrected chi connectivity index (χ3v) is 5.35. The van der Waals surface area contributed by atoms with Crippen LogP contribution in [0.5, 0.6) is 0 Å². The average molecular weight is 361 g/mol. The van der Waals surface area contributed by atoms with Crippen LogP contribution in [0.4, 0.5) is 10.1 Å². The number of carbonyl (C=O) groups excluding carboxylic acids is 2. The SMILES string of the molecule is O=C(CCN1CCCCCC1=O)NCC1CCN(c2ccccc2F)C1. The second-order valence-electron chi connectivity index (χ2n) is 7.30. The quantitative estimate of drug-likeness (QED) is 0.847. The predicted molar refractivity (Wildman–Crippen MR) is 99.4 cm³/mol. The molecule has 5 nitrogen and oxygen atoms in total. The van der Waals surface area contributed by atoms with Crippen molar-refractivity contribution in [3.63, 3.8) is 0 Å². The summed E-state index contributed by atoms with van der Waals surface area (Å²) in [5, 5.41) is 2.98. The van der Waals surface area contributed by atoms with E-state index in [1.807, 2.05) is 15.9 Å². The first-order chi connectivity index (χ1) is 12.6. The Hall–Kier alpha value is -2.11. The van der Waals surface area contributed by atoms with Crippen LogP contribution in [-0.2, 0) is 9.59 Å². The Morgan fingerprint density at radius 2 is 2.04 bits per heavy atom. The van der Waals surface area contributed by atoms with E-state index in [2.05, 4.69) is 5.32 Å². The van der Waals surface area contributed by atoms with E-state index < -0.39 is 0 Å². The van der Waals surface area contributed by atoms with Crippen LogP contribution in [-0.4, -0.2) is 49.4 Å². The van der Waals surface area contributed by atoms with Gasteiger partial charge in [0, 0.05) is 45.6 Å². The molecule has 142 valence electrons. The zero-order valence-electron chi connectivity index (χ0n) is 15.3. The van der Waals surface area contributed by atoms with Gasteiger partial charge in [-0.05, 0) is 37.3 Å². The second-order valence-corrected chi connectivity index (χ2v) is 7.30. The molecule has 0 saturated carbocycles. The van der Waals surface area contributed by atoms with E-state index in [4.69, 9.17) is 0 Å². The first-order valence-corrected chi connectivity index (χ1v) is 9.67. The molecule has 1 aromatic rings. The van der Waals surface area contributed by atoms with Crippen LogP contribution in [0.2, 0.25) is 0 Å². The maximum absolute atomic E-state index is 13.9. The summed E-state index contributed by atoms with van der Waals surface area (Å²) >= 11 is 0. The predicted octanol–water partition coefficient (Wildman–Crippen LogP) is 2.56. The highest BCUT2D eigenvalue weighted by Crippen LogP contribution is 2.25. The summed E-state index contributed by atoms with van der Waals surface area (Å²) < 4.78 is 13.9. The molecule has 1 N–H and O–H groups in total. The van der Waals surface area contributed by atoms with Crippen molar-refractivity contribution in [2.75, 3.05) is 37.6 Å². The van der Waals surface area contributed by atoms with Gasteiger partial charge < -0.3 is 15.1 Å². The number of halogens is 1.